The SMILES string of the molecule is CCCCNC(CO)C(NCC)C(C)O. The molecule has 0 aliphatic carbocycles. The highest BCUT2D eigenvalue weighted by Gasteiger charge is 2.23. The first kappa shape index (κ1) is 14.8. The Morgan fingerprint density at radius 1 is 1.20 bits per heavy atom. The Labute approximate surface area is 93.1 Å². The fraction of sp³-hybridized carbons (Fsp3) is 1.00. The van der Waals surface area contributed by atoms with Gasteiger partial charge in [-0.2, -0.15) is 0 Å². The molecule has 4 N–H and O–H groups in total. The number of hydrogen-bond donors (Lipinski definition) is 4. The molecule has 0 aliphatic heterocycles. The minimum atomic E-state index is -0.462. The zero-order chi connectivity index (χ0) is 11.7. The van der Waals surface area contributed by atoms with Crippen LogP contribution in [0.4, 0.5) is 0 Å². The Hall–Kier alpha value is -0.160. The molecule has 15 heavy (non-hydrogen) atoms. The average molecular weight is 218 g/mol. The summed E-state index contributed by atoms with van der Waals surface area (Å²) >= 11 is 0. The van der Waals surface area contributed by atoms with Crippen LogP contribution in [0, 0.1) is 0 Å². The molecule has 0 rings (SSSR count). The Bertz CT molecular complexity index is 143. The topological polar surface area (TPSA) is 64.5 Å². The van der Waals surface area contributed by atoms with Gasteiger partial charge in [-0.3, -0.25) is 0 Å². The molecule has 3 unspecified atom stereocenters. The molecule has 4 heteroatoms. The van der Waals surface area contributed by atoms with E-state index in [0.717, 1.165) is 25.9 Å². The maximum atomic E-state index is 9.59. The van der Waals surface area contributed by atoms with E-state index in [0.29, 0.717) is 0 Å². The molecule has 0 amide bonds. The third-order valence-electron chi connectivity index (χ3n) is 2.53. The molecule has 0 bridgehead atoms. The van der Waals surface area contributed by atoms with E-state index < -0.39 is 6.10 Å². The van der Waals surface area contributed by atoms with E-state index in [1.165, 1.54) is 0 Å². The number of unbranched alkanes of at least 4 members (excludes halogenated alkanes) is 1. The van der Waals surface area contributed by atoms with Crippen LogP contribution in [-0.2, 0) is 0 Å². The highest BCUT2D eigenvalue weighted by molar-refractivity contribution is 4.85. The van der Waals surface area contributed by atoms with Gasteiger partial charge in [-0.1, -0.05) is 20.3 Å². The number of aliphatic hydroxyl groups excluding tert-OH is 2. The van der Waals surface area contributed by atoms with Crippen LogP contribution in [0.2, 0.25) is 0 Å². The Balaban J connectivity index is 4.06. The van der Waals surface area contributed by atoms with E-state index in [1.807, 2.05) is 6.92 Å². The molecule has 0 heterocycles. The summed E-state index contributed by atoms with van der Waals surface area (Å²) in [6.45, 7) is 7.60. The second kappa shape index (κ2) is 9.09. The van der Waals surface area contributed by atoms with Gasteiger partial charge in [0.05, 0.1) is 18.8 Å². The first-order valence-electron chi connectivity index (χ1n) is 5.93. The maximum absolute atomic E-state index is 9.59. The molecule has 0 aliphatic rings. The second-order valence-electron chi connectivity index (χ2n) is 3.92. The van der Waals surface area contributed by atoms with E-state index in [2.05, 4.69) is 17.6 Å². The van der Waals surface area contributed by atoms with Crippen molar-refractivity contribution in [3.63, 3.8) is 0 Å². The fourth-order valence-corrected chi connectivity index (χ4v) is 1.65. The molecule has 92 valence electrons. The van der Waals surface area contributed by atoms with Gasteiger partial charge in [0.25, 0.3) is 0 Å². The average Bonchev–Trinajstić information content (AvgIpc) is 2.22. The zero-order valence-electron chi connectivity index (χ0n) is 10.2. The molecule has 0 aromatic heterocycles. The first-order chi connectivity index (χ1) is 7.17. The van der Waals surface area contributed by atoms with Crippen molar-refractivity contribution >= 4 is 0 Å². The molecule has 0 fully saturated rings. The number of likely N-dealkylation sites (N-methyl/N-ethyl adjacent to an activating group) is 1. The minimum absolute atomic E-state index is 0.0479. The van der Waals surface area contributed by atoms with Crippen LogP contribution in [-0.4, -0.2) is 48.1 Å². The van der Waals surface area contributed by atoms with Crippen LogP contribution in [0.5, 0.6) is 0 Å². The smallest absolute Gasteiger partial charge is 0.0681 e. The first-order valence-corrected chi connectivity index (χ1v) is 5.93. The lowest BCUT2D eigenvalue weighted by molar-refractivity contribution is 0.100. The Morgan fingerprint density at radius 3 is 2.27 bits per heavy atom. The summed E-state index contributed by atoms with van der Waals surface area (Å²) < 4.78 is 0. The van der Waals surface area contributed by atoms with E-state index >= 15 is 0 Å². The van der Waals surface area contributed by atoms with E-state index in [1.54, 1.807) is 6.92 Å². The minimum Gasteiger partial charge on any atom is -0.395 e. The van der Waals surface area contributed by atoms with Gasteiger partial charge < -0.3 is 20.8 Å². The predicted octanol–water partition coefficient (Wildman–Crippen LogP) is 0.0959. The van der Waals surface area contributed by atoms with Crippen molar-refractivity contribution in [2.45, 2.75) is 51.8 Å². The van der Waals surface area contributed by atoms with E-state index in [9.17, 15) is 10.2 Å². The van der Waals surface area contributed by atoms with Gasteiger partial charge in [-0.05, 0) is 26.4 Å². The van der Waals surface area contributed by atoms with Crippen molar-refractivity contribution in [1.29, 1.82) is 0 Å². The second-order valence-corrected chi connectivity index (χ2v) is 3.92. The van der Waals surface area contributed by atoms with Gasteiger partial charge >= 0.3 is 0 Å². The summed E-state index contributed by atoms with van der Waals surface area (Å²) in [5.74, 6) is 0. The van der Waals surface area contributed by atoms with Crippen LogP contribution in [0.3, 0.4) is 0 Å². The summed E-state index contributed by atoms with van der Waals surface area (Å²) in [6, 6.07) is -0.159. The fourth-order valence-electron chi connectivity index (χ4n) is 1.65. The standard InChI is InChI=1S/C11H26N2O2/c1-4-6-7-13-10(8-14)11(9(3)15)12-5-2/h9-15H,4-8H2,1-3H3. The van der Waals surface area contributed by atoms with Crippen LogP contribution < -0.4 is 10.6 Å². The van der Waals surface area contributed by atoms with Gasteiger partial charge in [-0.15, -0.1) is 0 Å². The molecule has 0 saturated carbocycles. The molecule has 4 nitrogen and oxygen atoms in total. The summed E-state index contributed by atoms with van der Waals surface area (Å²) in [7, 11) is 0. The molecule has 3 atom stereocenters. The summed E-state index contributed by atoms with van der Waals surface area (Å²) in [5.41, 5.74) is 0. The van der Waals surface area contributed by atoms with Crippen molar-refractivity contribution < 1.29 is 10.2 Å². The summed E-state index contributed by atoms with van der Waals surface area (Å²) in [4.78, 5) is 0. The van der Waals surface area contributed by atoms with Crippen molar-refractivity contribution in [2.75, 3.05) is 19.7 Å². The van der Waals surface area contributed by atoms with Gasteiger partial charge in [0.2, 0.25) is 0 Å². The number of nitrogens with one attached hydrogen (secondary N) is 2. The molecular formula is C11H26N2O2. The van der Waals surface area contributed by atoms with Gasteiger partial charge in [0.15, 0.2) is 0 Å². The summed E-state index contributed by atoms with van der Waals surface area (Å²) in [5, 5.41) is 25.3. The van der Waals surface area contributed by atoms with Crippen molar-refractivity contribution in [1.82, 2.24) is 10.6 Å². The van der Waals surface area contributed by atoms with Gasteiger partial charge in [-0.25, -0.2) is 0 Å². The van der Waals surface area contributed by atoms with Crippen LogP contribution in [0.25, 0.3) is 0 Å². The predicted molar refractivity (Wildman–Crippen MR) is 62.9 cm³/mol. The number of rotatable bonds is 9. The van der Waals surface area contributed by atoms with Crippen molar-refractivity contribution in [3.8, 4) is 0 Å². The normalized spacial score (nSPS) is 17.4. The Kier molecular flexibility index (Phi) is 9.00. The molecule has 0 aromatic carbocycles. The van der Waals surface area contributed by atoms with E-state index in [4.69, 9.17) is 0 Å². The van der Waals surface area contributed by atoms with Gasteiger partial charge in [0, 0.05) is 6.04 Å². The van der Waals surface area contributed by atoms with Gasteiger partial charge in [0.1, 0.15) is 0 Å². The lowest BCUT2D eigenvalue weighted by atomic mass is 10.0. The van der Waals surface area contributed by atoms with Crippen LogP contribution >= 0.6 is 0 Å². The molecule has 0 spiro atoms. The van der Waals surface area contributed by atoms with Crippen LogP contribution in [0.1, 0.15) is 33.6 Å². The van der Waals surface area contributed by atoms with Crippen molar-refractivity contribution in [2.24, 2.45) is 0 Å². The number of hydrogen-bond acceptors (Lipinski definition) is 4. The van der Waals surface area contributed by atoms with Crippen LogP contribution in [0.15, 0.2) is 0 Å². The maximum Gasteiger partial charge on any atom is 0.0681 e. The highest BCUT2D eigenvalue weighted by atomic mass is 16.3. The molecule has 0 radical (unpaired) electrons. The molecule has 0 saturated heterocycles. The lowest BCUT2D eigenvalue weighted by Crippen LogP contribution is -2.55. The summed E-state index contributed by atoms with van der Waals surface area (Å²) in [6.07, 6.45) is 1.76. The van der Waals surface area contributed by atoms with E-state index in [-0.39, 0.29) is 18.7 Å². The number of aliphatic hydroxyl groups is 2. The largest absolute Gasteiger partial charge is 0.395 e. The molecular weight excluding hydrogens is 192 g/mol. The van der Waals surface area contributed by atoms with Crippen molar-refractivity contribution in [3.05, 3.63) is 0 Å². The third kappa shape index (κ3) is 6.10. The zero-order valence-corrected chi connectivity index (χ0v) is 10.2. The Morgan fingerprint density at radius 2 is 1.87 bits per heavy atom. The lowest BCUT2D eigenvalue weighted by Gasteiger charge is -2.29. The quantitative estimate of drug-likeness (QED) is 0.414. The third-order valence-corrected chi connectivity index (χ3v) is 2.53. The highest BCUT2D eigenvalue weighted by Crippen LogP contribution is 2.00. The monoisotopic (exact) mass is 218 g/mol. The molecule has 0 aromatic rings.